The topological polar surface area (TPSA) is 58.7 Å². The number of hydrogen-bond donors (Lipinski definition) is 1. The lowest BCUT2D eigenvalue weighted by molar-refractivity contribution is -0.122. The average Bonchev–Trinajstić information content (AvgIpc) is 2.69. The average molecular weight is 229 g/mol. The molecule has 0 radical (unpaired) electrons. The zero-order valence-electron chi connectivity index (χ0n) is 9.76. The van der Waals surface area contributed by atoms with Gasteiger partial charge in [-0.3, -0.25) is 9.69 Å². The molecule has 1 amide bonds. The van der Waals surface area contributed by atoms with Crippen LogP contribution < -0.4 is 5.73 Å². The maximum absolute atomic E-state index is 12.0. The number of hydrogen-bond acceptors (Lipinski definition) is 3. The standard InChI is InChI=1S/C13H15N3O/c1-2-11-13(17)16(9-8-14)12(15-11)10-6-4-3-5-7-10/h2-7H,8-9,14H2,1H3/b11-2-. The molecule has 0 saturated carbocycles. The number of carbonyl (C=O) groups is 1. The van der Waals surface area contributed by atoms with E-state index >= 15 is 0 Å². The van der Waals surface area contributed by atoms with Gasteiger partial charge in [0.2, 0.25) is 0 Å². The van der Waals surface area contributed by atoms with Crippen LogP contribution >= 0.6 is 0 Å². The smallest absolute Gasteiger partial charge is 0.277 e. The van der Waals surface area contributed by atoms with Gasteiger partial charge >= 0.3 is 0 Å². The van der Waals surface area contributed by atoms with Crippen molar-refractivity contribution in [2.75, 3.05) is 13.1 Å². The molecule has 0 saturated heterocycles. The largest absolute Gasteiger partial charge is 0.329 e. The maximum Gasteiger partial charge on any atom is 0.277 e. The molecule has 88 valence electrons. The molecule has 0 bridgehead atoms. The van der Waals surface area contributed by atoms with E-state index < -0.39 is 0 Å². The summed E-state index contributed by atoms with van der Waals surface area (Å²) in [7, 11) is 0. The number of rotatable bonds is 3. The Bertz CT molecular complexity index is 477. The normalized spacial score (nSPS) is 17.8. The zero-order chi connectivity index (χ0) is 12.3. The van der Waals surface area contributed by atoms with E-state index in [0.29, 0.717) is 24.6 Å². The first-order valence-corrected chi connectivity index (χ1v) is 5.60. The van der Waals surface area contributed by atoms with Crippen LogP contribution in [-0.2, 0) is 4.79 Å². The van der Waals surface area contributed by atoms with Crippen molar-refractivity contribution in [1.82, 2.24) is 4.90 Å². The Balaban J connectivity index is 2.40. The Morgan fingerprint density at radius 3 is 2.65 bits per heavy atom. The molecule has 0 atom stereocenters. The van der Waals surface area contributed by atoms with Gasteiger partial charge < -0.3 is 5.73 Å². The van der Waals surface area contributed by atoms with Crippen LogP contribution in [0.15, 0.2) is 47.1 Å². The number of allylic oxidation sites excluding steroid dienone is 1. The lowest BCUT2D eigenvalue weighted by Crippen LogP contribution is -2.36. The summed E-state index contributed by atoms with van der Waals surface area (Å²) in [6.45, 7) is 2.73. The number of amides is 1. The van der Waals surface area contributed by atoms with Crippen molar-refractivity contribution in [2.24, 2.45) is 10.7 Å². The second-order valence-corrected chi connectivity index (χ2v) is 3.72. The minimum atomic E-state index is -0.0724. The third kappa shape index (κ3) is 2.12. The predicted octanol–water partition coefficient (Wildman–Crippen LogP) is 1.14. The summed E-state index contributed by atoms with van der Waals surface area (Å²) in [4.78, 5) is 18.0. The summed E-state index contributed by atoms with van der Waals surface area (Å²) in [5.74, 6) is 0.617. The van der Waals surface area contributed by atoms with Gasteiger partial charge in [-0.2, -0.15) is 0 Å². The van der Waals surface area contributed by atoms with E-state index in [-0.39, 0.29) is 5.91 Å². The minimum absolute atomic E-state index is 0.0724. The van der Waals surface area contributed by atoms with Gasteiger partial charge in [0.1, 0.15) is 11.5 Å². The quantitative estimate of drug-likeness (QED) is 0.790. The summed E-state index contributed by atoms with van der Waals surface area (Å²) in [6.07, 6.45) is 1.72. The Morgan fingerprint density at radius 1 is 1.35 bits per heavy atom. The van der Waals surface area contributed by atoms with Crippen molar-refractivity contribution in [3.63, 3.8) is 0 Å². The number of carbonyl (C=O) groups excluding carboxylic acids is 1. The minimum Gasteiger partial charge on any atom is -0.329 e. The van der Waals surface area contributed by atoms with Crippen LogP contribution in [0, 0.1) is 0 Å². The van der Waals surface area contributed by atoms with E-state index in [9.17, 15) is 4.79 Å². The molecule has 0 aliphatic carbocycles. The second kappa shape index (κ2) is 4.93. The highest BCUT2D eigenvalue weighted by molar-refractivity contribution is 6.18. The van der Waals surface area contributed by atoms with Crippen molar-refractivity contribution in [3.05, 3.63) is 47.7 Å². The Labute approximate surface area is 100 Å². The fourth-order valence-electron chi connectivity index (χ4n) is 1.79. The molecule has 1 aromatic rings. The van der Waals surface area contributed by atoms with Crippen LogP contribution in [-0.4, -0.2) is 29.7 Å². The van der Waals surface area contributed by atoms with E-state index in [1.165, 1.54) is 0 Å². The Kier molecular flexibility index (Phi) is 3.35. The highest BCUT2D eigenvalue weighted by atomic mass is 16.2. The molecule has 0 aromatic heterocycles. The summed E-state index contributed by atoms with van der Waals surface area (Å²) < 4.78 is 0. The molecule has 1 heterocycles. The summed E-state index contributed by atoms with van der Waals surface area (Å²) in [5, 5.41) is 0. The van der Waals surface area contributed by atoms with Crippen molar-refractivity contribution < 1.29 is 4.79 Å². The van der Waals surface area contributed by atoms with Crippen molar-refractivity contribution in [1.29, 1.82) is 0 Å². The van der Waals surface area contributed by atoms with E-state index in [0.717, 1.165) is 5.56 Å². The highest BCUT2D eigenvalue weighted by Gasteiger charge is 2.29. The molecular formula is C13H15N3O. The first-order valence-electron chi connectivity index (χ1n) is 5.60. The van der Waals surface area contributed by atoms with Gasteiger partial charge in [-0.1, -0.05) is 36.4 Å². The molecule has 0 spiro atoms. The summed E-state index contributed by atoms with van der Waals surface area (Å²) in [6, 6.07) is 9.67. The molecule has 2 rings (SSSR count). The van der Waals surface area contributed by atoms with E-state index in [1.807, 2.05) is 37.3 Å². The number of amidine groups is 1. The second-order valence-electron chi connectivity index (χ2n) is 3.72. The summed E-state index contributed by atoms with van der Waals surface area (Å²) in [5.41, 5.74) is 6.95. The van der Waals surface area contributed by atoms with Crippen LogP contribution in [0.1, 0.15) is 12.5 Å². The van der Waals surface area contributed by atoms with Crippen LogP contribution in [0.5, 0.6) is 0 Å². The zero-order valence-corrected chi connectivity index (χ0v) is 9.76. The molecule has 1 aliphatic heterocycles. The first kappa shape index (κ1) is 11.5. The Hall–Kier alpha value is -1.94. The van der Waals surface area contributed by atoms with E-state index in [1.54, 1.807) is 11.0 Å². The molecule has 2 N–H and O–H groups in total. The van der Waals surface area contributed by atoms with Gasteiger partial charge in [-0.15, -0.1) is 0 Å². The van der Waals surface area contributed by atoms with E-state index in [2.05, 4.69) is 4.99 Å². The van der Waals surface area contributed by atoms with Gasteiger partial charge in [0.25, 0.3) is 5.91 Å². The van der Waals surface area contributed by atoms with Crippen LogP contribution in [0.4, 0.5) is 0 Å². The summed E-state index contributed by atoms with van der Waals surface area (Å²) >= 11 is 0. The molecule has 4 nitrogen and oxygen atoms in total. The van der Waals surface area contributed by atoms with Crippen LogP contribution in [0.3, 0.4) is 0 Å². The van der Waals surface area contributed by atoms with Gasteiger partial charge in [0.05, 0.1) is 0 Å². The molecule has 4 heteroatoms. The third-order valence-electron chi connectivity index (χ3n) is 2.60. The number of benzene rings is 1. The van der Waals surface area contributed by atoms with Gasteiger partial charge in [0.15, 0.2) is 0 Å². The van der Waals surface area contributed by atoms with Crippen LogP contribution in [0.25, 0.3) is 0 Å². The molecule has 0 fully saturated rings. The lowest BCUT2D eigenvalue weighted by atomic mass is 10.2. The Morgan fingerprint density at radius 2 is 2.06 bits per heavy atom. The van der Waals surface area contributed by atoms with Crippen LogP contribution in [0.2, 0.25) is 0 Å². The first-order chi connectivity index (χ1) is 8.27. The van der Waals surface area contributed by atoms with Gasteiger partial charge in [-0.25, -0.2) is 4.99 Å². The molecule has 1 aliphatic rings. The fraction of sp³-hybridized carbons (Fsp3) is 0.231. The van der Waals surface area contributed by atoms with Crippen molar-refractivity contribution in [2.45, 2.75) is 6.92 Å². The van der Waals surface area contributed by atoms with Crippen molar-refractivity contribution >= 4 is 11.7 Å². The molecule has 17 heavy (non-hydrogen) atoms. The van der Waals surface area contributed by atoms with E-state index in [4.69, 9.17) is 5.73 Å². The monoisotopic (exact) mass is 229 g/mol. The number of nitrogens with two attached hydrogens (primary N) is 1. The number of nitrogens with zero attached hydrogens (tertiary/aromatic N) is 2. The predicted molar refractivity (Wildman–Crippen MR) is 67.5 cm³/mol. The molecule has 1 aromatic carbocycles. The molecule has 0 unspecified atom stereocenters. The number of aliphatic imine (C=N–C) groups is 1. The van der Waals surface area contributed by atoms with Crippen molar-refractivity contribution in [3.8, 4) is 0 Å². The highest BCUT2D eigenvalue weighted by Crippen LogP contribution is 2.18. The maximum atomic E-state index is 12.0. The SMILES string of the molecule is C/C=C1\N=C(c2ccccc2)N(CCN)C1=O. The fourth-order valence-corrected chi connectivity index (χ4v) is 1.79. The van der Waals surface area contributed by atoms with Gasteiger partial charge in [-0.05, 0) is 6.92 Å². The third-order valence-corrected chi connectivity index (χ3v) is 2.60. The van der Waals surface area contributed by atoms with Gasteiger partial charge in [0, 0.05) is 18.7 Å². The molecular weight excluding hydrogens is 214 g/mol. The lowest BCUT2D eigenvalue weighted by Gasteiger charge is -2.16.